The van der Waals surface area contributed by atoms with E-state index < -0.39 is 6.09 Å². The molecule has 3 aliphatic rings. The van der Waals surface area contributed by atoms with E-state index in [2.05, 4.69) is 17.0 Å². The molecule has 2 N–H and O–H groups in total. The summed E-state index contributed by atoms with van der Waals surface area (Å²) >= 11 is 0. The van der Waals surface area contributed by atoms with Crippen molar-refractivity contribution in [3.05, 3.63) is 149 Å². The van der Waals surface area contributed by atoms with Crippen molar-refractivity contribution < 1.29 is 29.3 Å². The summed E-state index contributed by atoms with van der Waals surface area (Å²) in [5, 5.41) is 25.7. The molecule has 0 spiro atoms. The van der Waals surface area contributed by atoms with Crippen LogP contribution in [0, 0.1) is 0 Å². The lowest BCUT2D eigenvalue weighted by Gasteiger charge is -2.41. The fourth-order valence-corrected chi connectivity index (χ4v) is 8.41. The minimum Gasteiger partial charge on any atom is -0.508 e. The van der Waals surface area contributed by atoms with Crippen molar-refractivity contribution in [1.29, 1.82) is 0 Å². The molecule has 1 saturated heterocycles. The number of hydrogen-bond donors (Lipinski definition) is 2. The van der Waals surface area contributed by atoms with Crippen LogP contribution in [0.5, 0.6) is 5.75 Å². The largest absolute Gasteiger partial charge is 0.508 e. The SMILES string of the molecule is O=C(O)N1CCc2cc(-n3nc(C(=O)N(c4ccccc4)c4ccc(O)cc4)c4ccccc43)c(C(=O)N3Cc4ccccc4C[C@H]3CN3CCOCC3)cc2C1. The summed E-state index contributed by atoms with van der Waals surface area (Å²) in [6, 6.07) is 35.2. The van der Waals surface area contributed by atoms with Crippen molar-refractivity contribution >= 4 is 40.2 Å². The predicted octanol–water partition coefficient (Wildman–Crippen LogP) is 6.65. The van der Waals surface area contributed by atoms with Gasteiger partial charge < -0.3 is 24.7 Å². The Labute approximate surface area is 329 Å². The molecule has 1 aromatic heterocycles. The maximum atomic E-state index is 15.4. The lowest BCUT2D eigenvalue weighted by molar-refractivity contribution is 0.0192. The van der Waals surface area contributed by atoms with Crippen LogP contribution >= 0.6 is 0 Å². The third-order valence-corrected chi connectivity index (χ3v) is 11.4. The molecular formula is C45H42N6O6. The molecule has 288 valence electrons. The first-order valence-corrected chi connectivity index (χ1v) is 19.3. The van der Waals surface area contributed by atoms with Crippen molar-refractivity contribution in [3.63, 3.8) is 0 Å². The summed E-state index contributed by atoms with van der Waals surface area (Å²) in [5.74, 6) is -0.493. The van der Waals surface area contributed by atoms with E-state index in [0.29, 0.717) is 79.2 Å². The number of nitrogens with zero attached hydrogens (tertiary/aromatic N) is 6. The van der Waals surface area contributed by atoms with Gasteiger partial charge in [-0.1, -0.05) is 60.7 Å². The molecule has 12 heteroatoms. The van der Waals surface area contributed by atoms with Gasteiger partial charge in [-0.25, -0.2) is 9.48 Å². The van der Waals surface area contributed by atoms with E-state index in [1.165, 1.54) is 22.6 Å². The Bertz CT molecular complexity index is 2480. The number of rotatable bonds is 7. The highest BCUT2D eigenvalue weighted by atomic mass is 16.5. The van der Waals surface area contributed by atoms with E-state index in [1.807, 2.05) is 83.8 Å². The minimum atomic E-state index is -1.01. The van der Waals surface area contributed by atoms with E-state index in [0.717, 1.165) is 29.8 Å². The van der Waals surface area contributed by atoms with E-state index in [1.54, 1.807) is 21.7 Å². The van der Waals surface area contributed by atoms with E-state index >= 15 is 4.79 Å². The van der Waals surface area contributed by atoms with Crippen LogP contribution in [-0.4, -0.2) is 98.0 Å². The average Bonchev–Trinajstić information content (AvgIpc) is 3.63. The van der Waals surface area contributed by atoms with Gasteiger partial charge in [0.25, 0.3) is 11.8 Å². The van der Waals surface area contributed by atoms with Crippen LogP contribution in [0.1, 0.15) is 43.1 Å². The van der Waals surface area contributed by atoms with Gasteiger partial charge in [0.2, 0.25) is 0 Å². The van der Waals surface area contributed by atoms with Gasteiger partial charge in [-0.05, 0) is 89.7 Å². The maximum Gasteiger partial charge on any atom is 0.407 e. The average molecular weight is 763 g/mol. The van der Waals surface area contributed by atoms with Crippen LogP contribution in [0.2, 0.25) is 0 Å². The lowest BCUT2D eigenvalue weighted by atomic mass is 9.91. The molecule has 12 nitrogen and oxygen atoms in total. The van der Waals surface area contributed by atoms with E-state index in [-0.39, 0.29) is 35.8 Å². The topological polar surface area (TPSA) is 132 Å². The highest BCUT2D eigenvalue weighted by Gasteiger charge is 2.35. The standard InChI is InChI=1S/C45H42N6O6/c52-37-16-14-35(15-17-37)50(34-10-2-1-3-11-34)44(54)42-38-12-6-7-13-40(38)51(46-42)41-26-31-18-19-48(45(55)56)27-33(31)25-39(41)43(53)49-28-32-9-5-4-8-30(32)24-36(49)29-47-20-22-57-23-21-47/h1-17,25-26,36,52H,18-24,27-29H2,(H,55,56)/t36-/m0/s1. The van der Waals surface area contributed by atoms with Crippen molar-refractivity contribution in [2.75, 3.05) is 44.3 Å². The number of phenolic OH excluding ortho intramolecular Hbond substituents is 1. The summed E-state index contributed by atoms with van der Waals surface area (Å²) in [5.41, 5.74) is 6.93. The van der Waals surface area contributed by atoms with Gasteiger partial charge in [0, 0.05) is 62.1 Å². The monoisotopic (exact) mass is 762 g/mol. The van der Waals surface area contributed by atoms with Gasteiger partial charge in [0.1, 0.15) is 5.75 Å². The first-order chi connectivity index (χ1) is 27.8. The third kappa shape index (κ3) is 6.98. The molecule has 1 atom stereocenters. The number of aromatic nitrogens is 2. The summed E-state index contributed by atoms with van der Waals surface area (Å²) in [6.45, 7) is 4.46. The van der Waals surface area contributed by atoms with Gasteiger partial charge in [0.05, 0.1) is 30.0 Å². The number of phenols is 1. The molecule has 6 aromatic rings. The Morgan fingerprint density at radius 1 is 0.754 bits per heavy atom. The van der Waals surface area contributed by atoms with Gasteiger partial charge in [-0.15, -0.1) is 0 Å². The van der Waals surface area contributed by atoms with Crippen molar-refractivity contribution in [3.8, 4) is 11.4 Å². The van der Waals surface area contributed by atoms with E-state index in [9.17, 15) is 19.8 Å². The number of anilines is 2. The fourth-order valence-electron chi connectivity index (χ4n) is 8.41. The number of carbonyl (C=O) groups is 3. The zero-order valence-electron chi connectivity index (χ0n) is 31.3. The molecule has 4 heterocycles. The molecule has 0 saturated carbocycles. The first kappa shape index (κ1) is 36.2. The highest BCUT2D eigenvalue weighted by Crippen LogP contribution is 2.35. The third-order valence-electron chi connectivity index (χ3n) is 11.4. The Kier molecular flexibility index (Phi) is 9.65. The van der Waals surface area contributed by atoms with Crippen molar-refractivity contribution in [2.45, 2.75) is 32.0 Å². The molecule has 5 aromatic carbocycles. The second kappa shape index (κ2) is 15.2. The van der Waals surface area contributed by atoms with Crippen LogP contribution in [0.15, 0.2) is 115 Å². The van der Waals surface area contributed by atoms with Gasteiger partial charge in [-0.2, -0.15) is 5.10 Å². The zero-order valence-corrected chi connectivity index (χ0v) is 31.3. The van der Waals surface area contributed by atoms with Crippen LogP contribution in [0.25, 0.3) is 16.6 Å². The number of carbonyl (C=O) groups excluding carboxylic acids is 2. The summed E-state index contributed by atoms with van der Waals surface area (Å²) in [4.78, 5) is 49.6. The molecule has 3 amide bonds. The fraction of sp³-hybridized carbons (Fsp3) is 0.244. The molecule has 0 radical (unpaired) electrons. The Morgan fingerprint density at radius 3 is 2.23 bits per heavy atom. The molecule has 1 fully saturated rings. The van der Waals surface area contributed by atoms with Crippen LogP contribution in [0.3, 0.4) is 0 Å². The number of amides is 3. The number of fused-ring (bicyclic) bond motifs is 3. The predicted molar refractivity (Wildman–Crippen MR) is 215 cm³/mol. The number of benzene rings is 5. The first-order valence-electron chi connectivity index (χ1n) is 19.3. The molecule has 0 unspecified atom stereocenters. The van der Waals surface area contributed by atoms with Crippen LogP contribution < -0.4 is 4.90 Å². The zero-order chi connectivity index (χ0) is 39.0. The summed E-state index contributed by atoms with van der Waals surface area (Å²) in [7, 11) is 0. The van der Waals surface area contributed by atoms with Gasteiger partial charge >= 0.3 is 6.09 Å². The second-order valence-corrected chi connectivity index (χ2v) is 14.8. The van der Waals surface area contributed by atoms with Crippen LogP contribution in [0.4, 0.5) is 16.2 Å². The van der Waals surface area contributed by atoms with E-state index in [4.69, 9.17) is 9.84 Å². The minimum absolute atomic E-state index is 0.0781. The van der Waals surface area contributed by atoms with Gasteiger partial charge in [0.15, 0.2) is 5.69 Å². The molecule has 9 rings (SSSR count). The normalized spacial score (nSPS) is 16.9. The van der Waals surface area contributed by atoms with Crippen LogP contribution in [-0.2, 0) is 30.7 Å². The number of aromatic hydroxyl groups is 1. The second-order valence-electron chi connectivity index (χ2n) is 14.8. The number of ether oxygens (including phenoxy) is 1. The Hall–Kier alpha value is -6.50. The quantitative estimate of drug-likeness (QED) is 0.185. The highest BCUT2D eigenvalue weighted by molar-refractivity contribution is 6.16. The molecular weight excluding hydrogens is 721 g/mol. The smallest absolute Gasteiger partial charge is 0.407 e. The summed E-state index contributed by atoms with van der Waals surface area (Å²) in [6.07, 6.45) is 0.157. The summed E-state index contributed by atoms with van der Waals surface area (Å²) < 4.78 is 7.34. The number of morpholine rings is 1. The Balaban J connectivity index is 1.19. The Morgan fingerprint density at radius 2 is 1.46 bits per heavy atom. The maximum absolute atomic E-state index is 15.4. The lowest BCUT2D eigenvalue weighted by Crippen LogP contribution is -2.52. The van der Waals surface area contributed by atoms with Crippen molar-refractivity contribution in [2.24, 2.45) is 0 Å². The number of hydrogen-bond acceptors (Lipinski definition) is 7. The van der Waals surface area contributed by atoms with Crippen molar-refractivity contribution in [1.82, 2.24) is 24.5 Å². The number of para-hydroxylation sites is 2. The molecule has 3 aliphatic heterocycles. The molecule has 57 heavy (non-hydrogen) atoms. The molecule has 0 aliphatic carbocycles. The number of carboxylic acid groups (broad SMARTS) is 1. The molecule has 0 bridgehead atoms. The van der Waals surface area contributed by atoms with Gasteiger partial charge in [-0.3, -0.25) is 19.4 Å².